The molecule has 2 aliphatic rings. The van der Waals surface area contributed by atoms with E-state index in [4.69, 9.17) is 4.74 Å². The quantitative estimate of drug-likeness (QED) is 0.589. The topological polar surface area (TPSA) is 53.1 Å². The lowest BCUT2D eigenvalue weighted by Crippen LogP contribution is -2.53. The van der Waals surface area contributed by atoms with E-state index < -0.39 is 0 Å². The summed E-state index contributed by atoms with van der Waals surface area (Å²) in [5.74, 6) is 0.438. The van der Waals surface area contributed by atoms with Crippen molar-refractivity contribution in [3.63, 3.8) is 0 Å². The molecule has 0 atom stereocenters. The number of anilines is 1. The average molecular weight is 456 g/mol. The lowest BCUT2D eigenvalue weighted by molar-refractivity contribution is -0.133. The Morgan fingerprint density at radius 3 is 2.12 bits per heavy atom. The molecule has 2 amide bonds. The molecule has 0 bridgehead atoms. The van der Waals surface area contributed by atoms with Crippen molar-refractivity contribution in [1.29, 1.82) is 0 Å². The lowest BCUT2D eigenvalue weighted by atomic mass is 9.96. The number of carbonyl (C=O) groups is 2. The fourth-order valence-corrected chi connectivity index (χ4v) is 4.84. The van der Waals surface area contributed by atoms with Crippen molar-refractivity contribution < 1.29 is 14.3 Å². The van der Waals surface area contributed by atoms with Crippen molar-refractivity contribution in [1.82, 2.24) is 9.80 Å². The molecule has 0 saturated carbocycles. The molecule has 0 aliphatic carbocycles. The summed E-state index contributed by atoms with van der Waals surface area (Å²) in [6.45, 7) is 4.78. The number of fused-ring (bicyclic) bond motifs is 1. The van der Waals surface area contributed by atoms with Crippen LogP contribution in [0.1, 0.15) is 22.7 Å². The Hall–Kier alpha value is -3.64. The first-order chi connectivity index (χ1) is 16.6. The zero-order chi connectivity index (χ0) is 23.5. The van der Waals surface area contributed by atoms with Gasteiger partial charge >= 0.3 is 0 Å². The number of hydrogen-bond acceptors (Lipinski definition) is 4. The number of hydrogen-bond donors (Lipinski definition) is 0. The van der Waals surface area contributed by atoms with Crippen LogP contribution in [0.4, 0.5) is 5.69 Å². The average Bonchev–Trinajstić information content (AvgIpc) is 2.88. The van der Waals surface area contributed by atoms with Crippen LogP contribution in [0, 0.1) is 6.92 Å². The lowest BCUT2D eigenvalue weighted by Gasteiger charge is -2.40. The Morgan fingerprint density at radius 1 is 0.882 bits per heavy atom. The molecule has 3 aromatic carbocycles. The Bertz CT molecular complexity index is 1120. The van der Waals surface area contributed by atoms with E-state index in [0.29, 0.717) is 24.5 Å². The maximum atomic E-state index is 13.2. The minimum Gasteiger partial charge on any atom is -0.482 e. The van der Waals surface area contributed by atoms with E-state index in [1.807, 2.05) is 42.2 Å². The van der Waals surface area contributed by atoms with Gasteiger partial charge in [0.1, 0.15) is 12.3 Å². The Kier molecular flexibility index (Phi) is 6.32. The third-order valence-electron chi connectivity index (χ3n) is 6.61. The van der Waals surface area contributed by atoms with Crippen molar-refractivity contribution in [2.24, 2.45) is 0 Å². The predicted molar refractivity (Wildman–Crippen MR) is 132 cm³/mol. The smallest absolute Gasteiger partial charge is 0.265 e. The van der Waals surface area contributed by atoms with Gasteiger partial charge in [-0.05, 0) is 35.7 Å². The van der Waals surface area contributed by atoms with Gasteiger partial charge < -0.3 is 9.64 Å². The summed E-state index contributed by atoms with van der Waals surface area (Å²) in [5, 5.41) is 0. The number of nitrogens with zero attached hydrogens (tertiary/aromatic N) is 3. The largest absolute Gasteiger partial charge is 0.482 e. The van der Waals surface area contributed by atoms with Gasteiger partial charge in [0.25, 0.3) is 5.91 Å². The number of amides is 2. The molecule has 0 spiro atoms. The van der Waals surface area contributed by atoms with Crippen molar-refractivity contribution in [3.05, 3.63) is 95.6 Å². The summed E-state index contributed by atoms with van der Waals surface area (Å²) >= 11 is 0. The predicted octanol–water partition coefficient (Wildman–Crippen LogP) is 3.65. The number of ether oxygens (including phenoxy) is 1. The van der Waals surface area contributed by atoms with Crippen LogP contribution < -0.4 is 9.64 Å². The SMILES string of the molecule is Cc1ccc2c(c1)N(CC(=O)N1CCN(C(c3ccccc3)c3ccccc3)CC1)C(=O)CO2. The fraction of sp³-hybridized carbons (Fsp3) is 0.286. The van der Waals surface area contributed by atoms with Crippen LogP contribution in [-0.2, 0) is 9.59 Å². The van der Waals surface area contributed by atoms with Gasteiger partial charge in [-0.15, -0.1) is 0 Å². The van der Waals surface area contributed by atoms with Crippen LogP contribution in [0.25, 0.3) is 0 Å². The highest BCUT2D eigenvalue weighted by molar-refractivity contribution is 6.02. The van der Waals surface area contributed by atoms with Crippen molar-refractivity contribution in [2.45, 2.75) is 13.0 Å². The van der Waals surface area contributed by atoms with E-state index in [9.17, 15) is 9.59 Å². The van der Waals surface area contributed by atoms with E-state index >= 15 is 0 Å². The van der Waals surface area contributed by atoms with Gasteiger partial charge in [-0.1, -0.05) is 66.7 Å². The second-order valence-electron chi connectivity index (χ2n) is 8.88. The van der Waals surface area contributed by atoms with Gasteiger partial charge in [0, 0.05) is 26.2 Å². The molecule has 2 aliphatic heterocycles. The van der Waals surface area contributed by atoms with Gasteiger partial charge in [-0.25, -0.2) is 0 Å². The fourth-order valence-electron chi connectivity index (χ4n) is 4.84. The third kappa shape index (κ3) is 4.54. The van der Waals surface area contributed by atoms with Gasteiger partial charge in [-0.3, -0.25) is 19.4 Å². The van der Waals surface area contributed by atoms with E-state index in [2.05, 4.69) is 53.4 Å². The van der Waals surface area contributed by atoms with Crippen LogP contribution in [0.5, 0.6) is 5.75 Å². The molecule has 6 nitrogen and oxygen atoms in total. The molecule has 2 heterocycles. The van der Waals surface area contributed by atoms with Crippen LogP contribution >= 0.6 is 0 Å². The van der Waals surface area contributed by atoms with Crippen LogP contribution in [0.15, 0.2) is 78.9 Å². The number of rotatable bonds is 5. The first-order valence-electron chi connectivity index (χ1n) is 11.8. The molecular weight excluding hydrogens is 426 g/mol. The highest BCUT2D eigenvalue weighted by Gasteiger charge is 2.32. The maximum absolute atomic E-state index is 13.2. The van der Waals surface area contributed by atoms with E-state index in [-0.39, 0.29) is 31.0 Å². The standard InChI is InChI=1S/C28H29N3O3/c1-21-12-13-25-24(18-21)31(27(33)20-34-25)19-26(32)29-14-16-30(17-15-29)28(22-8-4-2-5-9-22)23-10-6-3-7-11-23/h2-13,18,28H,14-17,19-20H2,1H3. The minimum atomic E-state index is -0.182. The summed E-state index contributed by atoms with van der Waals surface area (Å²) in [4.78, 5) is 31.6. The van der Waals surface area contributed by atoms with Gasteiger partial charge in [0.05, 0.1) is 11.7 Å². The maximum Gasteiger partial charge on any atom is 0.265 e. The molecule has 0 radical (unpaired) electrons. The van der Waals surface area contributed by atoms with Crippen LogP contribution in [0.3, 0.4) is 0 Å². The second-order valence-corrected chi connectivity index (χ2v) is 8.88. The van der Waals surface area contributed by atoms with Crippen LogP contribution in [-0.4, -0.2) is 60.9 Å². The number of piperazine rings is 1. The monoisotopic (exact) mass is 455 g/mol. The van der Waals surface area contributed by atoms with Crippen LogP contribution in [0.2, 0.25) is 0 Å². The molecule has 0 unspecified atom stereocenters. The summed E-state index contributed by atoms with van der Waals surface area (Å²) in [7, 11) is 0. The Morgan fingerprint density at radius 2 is 1.50 bits per heavy atom. The first-order valence-corrected chi connectivity index (χ1v) is 11.8. The summed E-state index contributed by atoms with van der Waals surface area (Å²) in [6.07, 6.45) is 0. The third-order valence-corrected chi connectivity index (χ3v) is 6.61. The molecule has 6 heteroatoms. The number of aryl methyl sites for hydroxylation is 1. The second kappa shape index (κ2) is 9.69. The molecular formula is C28H29N3O3. The van der Waals surface area contributed by atoms with Crippen molar-refractivity contribution in [3.8, 4) is 5.75 Å². The number of benzene rings is 3. The molecule has 0 N–H and O–H groups in total. The van der Waals surface area contributed by atoms with E-state index in [1.54, 1.807) is 4.90 Å². The van der Waals surface area contributed by atoms with Crippen molar-refractivity contribution in [2.75, 3.05) is 44.2 Å². The normalized spacial score (nSPS) is 16.4. The van der Waals surface area contributed by atoms with E-state index in [1.165, 1.54) is 11.1 Å². The summed E-state index contributed by atoms with van der Waals surface area (Å²) < 4.78 is 5.55. The number of carbonyl (C=O) groups excluding carboxylic acids is 2. The molecule has 34 heavy (non-hydrogen) atoms. The zero-order valence-electron chi connectivity index (χ0n) is 19.4. The van der Waals surface area contributed by atoms with Gasteiger partial charge in [-0.2, -0.15) is 0 Å². The molecule has 174 valence electrons. The van der Waals surface area contributed by atoms with E-state index in [0.717, 1.165) is 18.7 Å². The molecule has 1 fully saturated rings. The van der Waals surface area contributed by atoms with Gasteiger partial charge in [0.2, 0.25) is 5.91 Å². The zero-order valence-corrected chi connectivity index (χ0v) is 19.4. The summed E-state index contributed by atoms with van der Waals surface area (Å²) in [6, 6.07) is 26.9. The Balaban J connectivity index is 1.28. The molecule has 0 aromatic heterocycles. The summed E-state index contributed by atoms with van der Waals surface area (Å²) in [5.41, 5.74) is 4.20. The molecule has 1 saturated heterocycles. The first kappa shape index (κ1) is 22.2. The molecule has 3 aromatic rings. The van der Waals surface area contributed by atoms with Crippen molar-refractivity contribution >= 4 is 17.5 Å². The highest BCUT2D eigenvalue weighted by Crippen LogP contribution is 2.33. The minimum absolute atomic E-state index is 0.0293. The Labute approximate surface area is 200 Å². The highest BCUT2D eigenvalue weighted by atomic mass is 16.5. The molecule has 5 rings (SSSR count). The van der Waals surface area contributed by atoms with Gasteiger partial charge in [0.15, 0.2) is 6.61 Å².